The van der Waals surface area contributed by atoms with Crippen molar-refractivity contribution >= 4 is 18.2 Å². The molecule has 0 aromatic carbocycles. The minimum Gasteiger partial charge on any atom is -0.343 e. The van der Waals surface area contributed by atoms with Crippen molar-refractivity contribution in [3.63, 3.8) is 0 Å². The molecule has 1 saturated carbocycles. The molecule has 1 aliphatic carbocycles. The Morgan fingerprint density at radius 3 is 2.10 bits per heavy atom. The van der Waals surface area contributed by atoms with Gasteiger partial charge >= 0.3 is 12.1 Å². The molecule has 0 radical (unpaired) electrons. The van der Waals surface area contributed by atoms with Gasteiger partial charge in [-0.15, -0.1) is 6.58 Å². The second-order valence-electron chi connectivity index (χ2n) is 8.74. The number of nitrogens with one attached hydrogen (secondary N) is 2. The average molecular weight is 447 g/mol. The smallest absolute Gasteiger partial charge is 0.343 e. The number of carbonyl (C=O) groups is 3. The number of halogens is 3. The Labute approximate surface area is 182 Å². The Morgan fingerprint density at radius 1 is 1.26 bits per heavy atom. The van der Waals surface area contributed by atoms with Crippen LogP contribution >= 0.6 is 0 Å². The lowest BCUT2D eigenvalue weighted by molar-refractivity contribution is -0.174. The Balaban J connectivity index is 0.000000581. The summed E-state index contributed by atoms with van der Waals surface area (Å²) in [7, 11) is 0. The molecule has 0 bridgehead atoms. The van der Waals surface area contributed by atoms with Gasteiger partial charge in [0.25, 0.3) is 0 Å². The highest BCUT2D eigenvalue weighted by Crippen LogP contribution is 2.61. The Morgan fingerprint density at radius 2 is 1.74 bits per heavy atom. The lowest BCUT2D eigenvalue weighted by Gasteiger charge is -2.22. The van der Waals surface area contributed by atoms with E-state index in [0.29, 0.717) is 37.8 Å². The Bertz CT molecular complexity index is 645. The van der Waals surface area contributed by atoms with Crippen LogP contribution in [0, 0.1) is 34.5 Å². The number of rotatable bonds is 6. The largest absolute Gasteiger partial charge is 0.471 e. The summed E-state index contributed by atoms with van der Waals surface area (Å²) in [5, 5.41) is 12.2. The molecule has 176 valence electrons. The molecule has 0 aromatic rings. The van der Waals surface area contributed by atoms with Gasteiger partial charge in [0.2, 0.25) is 12.3 Å². The molecule has 7 nitrogen and oxygen atoms in total. The molecule has 3 amide bonds. The minimum atomic E-state index is -4.94. The number of nitrogens with zero attached hydrogens (tertiary/aromatic N) is 2. The number of fused-ring (bicyclic) bond motifs is 1. The summed E-state index contributed by atoms with van der Waals surface area (Å²) in [4.78, 5) is 33.4. The molecule has 1 aliphatic heterocycles. The van der Waals surface area contributed by atoms with Crippen molar-refractivity contribution in [3.05, 3.63) is 12.7 Å². The molecule has 1 heterocycles. The molecule has 1 saturated heterocycles. The van der Waals surface area contributed by atoms with E-state index in [9.17, 15) is 27.6 Å². The molecular weight excluding hydrogens is 413 g/mol. The SMILES string of the molecule is C=CCC(C#N)NC=O.CC(C)C.CC1(C)[C@@H]2CN(C(=O)CNC(=O)C(F)(F)F)C[C@@H]21. The fourth-order valence-electron chi connectivity index (χ4n) is 3.11. The van der Waals surface area contributed by atoms with Crippen LogP contribution in [0.1, 0.15) is 41.0 Å². The van der Waals surface area contributed by atoms with E-state index in [0.717, 1.165) is 5.92 Å². The van der Waals surface area contributed by atoms with Crippen molar-refractivity contribution in [2.45, 2.75) is 53.3 Å². The maximum absolute atomic E-state index is 11.9. The average Bonchev–Trinajstić information content (AvgIpc) is 3.00. The van der Waals surface area contributed by atoms with E-state index in [1.807, 2.05) is 6.07 Å². The lowest BCUT2D eigenvalue weighted by atomic mass is 10.1. The third-order valence-corrected chi connectivity index (χ3v) is 4.96. The molecule has 0 spiro atoms. The normalized spacial score (nSPS) is 21.1. The van der Waals surface area contributed by atoms with Crippen molar-refractivity contribution < 1.29 is 27.6 Å². The van der Waals surface area contributed by atoms with Gasteiger partial charge in [0.05, 0.1) is 12.6 Å². The summed E-state index contributed by atoms with van der Waals surface area (Å²) in [6.45, 7) is 14.7. The van der Waals surface area contributed by atoms with Crippen LogP contribution in [0.25, 0.3) is 0 Å². The predicted octanol–water partition coefficient (Wildman–Crippen LogP) is 2.64. The van der Waals surface area contributed by atoms with Gasteiger partial charge in [-0.05, 0) is 29.6 Å². The van der Waals surface area contributed by atoms with Gasteiger partial charge in [-0.1, -0.05) is 40.7 Å². The first kappa shape index (κ1) is 28.4. The number of likely N-dealkylation sites (tertiary alicyclic amines) is 1. The first-order valence-electron chi connectivity index (χ1n) is 10.0. The van der Waals surface area contributed by atoms with Crippen molar-refractivity contribution in [1.29, 1.82) is 5.26 Å². The van der Waals surface area contributed by atoms with Crippen LogP contribution in [0.5, 0.6) is 0 Å². The van der Waals surface area contributed by atoms with Crippen LogP contribution < -0.4 is 10.6 Å². The maximum atomic E-state index is 11.9. The molecule has 2 aliphatic rings. The van der Waals surface area contributed by atoms with Gasteiger partial charge in [0, 0.05) is 13.1 Å². The van der Waals surface area contributed by atoms with Crippen LogP contribution in [0.2, 0.25) is 0 Å². The number of carbonyl (C=O) groups excluding carboxylic acids is 3. The third kappa shape index (κ3) is 9.85. The number of nitriles is 1. The molecule has 3 atom stereocenters. The zero-order chi connectivity index (χ0) is 24.4. The predicted molar refractivity (Wildman–Crippen MR) is 110 cm³/mol. The number of alkyl halides is 3. The van der Waals surface area contributed by atoms with Gasteiger partial charge in [0.15, 0.2) is 0 Å². The van der Waals surface area contributed by atoms with Crippen molar-refractivity contribution in [1.82, 2.24) is 15.5 Å². The van der Waals surface area contributed by atoms with Crippen molar-refractivity contribution in [3.8, 4) is 6.07 Å². The van der Waals surface area contributed by atoms with Crippen LogP contribution in [-0.2, 0) is 14.4 Å². The molecule has 0 aromatic heterocycles. The molecule has 2 fully saturated rings. The molecular formula is C21H33F3N4O3. The fraction of sp³-hybridized carbons (Fsp3) is 0.714. The van der Waals surface area contributed by atoms with E-state index in [1.54, 1.807) is 11.4 Å². The topological polar surface area (TPSA) is 102 Å². The molecule has 31 heavy (non-hydrogen) atoms. The third-order valence-electron chi connectivity index (χ3n) is 4.96. The van der Waals surface area contributed by atoms with Gasteiger partial charge in [-0.25, -0.2) is 0 Å². The first-order valence-corrected chi connectivity index (χ1v) is 10.0. The van der Waals surface area contributed by atoms with Crippen LogP contribution in [0.3, 0.4) is 0 Å². The van der Waals surface area contributed by atoms with Crippen molar-refractivity contribution in [2.24, 2.45) is 23.2 Å². The summed E-state index contributed by atoms with van der Waals surface area (Å²) in [6, 6.07) is 1.47. The Hall–Kier alpha value is -2.57. The molecule has 2 N–H and O–H groups in total. The zero-order valence-corrected chi connectivity index (χ0v) is 18.8. The van der Waals surface area contributed by atoms with Gasteiger partial charge < -0.3 is 15.5 Å². The van der Waals surface area contributed by atoms with Crippen molar-refractivity contribution in [2.75, 3.05) is 19.6 Å². The van der Waals surface area contributed by atoms with Crippen LogP contribution in [-0.4, -0.2) is 55.0 Å². The summed E-state index contributed by atoms with van der Waals surface area (Å²) in [5.41, 5.74) is 0.242. The van der Waals surface area contributed by atoms with E-state index >= 15 is 0 Å². The number of amides is 3. The highest BCUT2D eigenvalue weighted by Gasteiger charge is 2.62. The highest BCUT2D eigenvalue weighted by atomic mass is 19.4. The van der Waals surface area contributed by atoms with Gasteiger partial charge in [0.1, 0.15) is 6.04 Å². The zero-order valence-electron chi connectivity index (χ0n) is 18.8. The lowest BCUT2D eigenvalue weighted by Crippen LogP contribution is -2.44. The monoisotopic (exact) mass is 446 g/mol. The van der Waals surface area contributed by atoms with E-state index in [4.69, 9.17) is 5.26 Å². The number of hydrogen-bond donors (Lipinski definition) is 2. The number of piperidine rings is 1. The van der Waals surface area contributed by atoms with E-state index in [2.05, 4.69) is 46.5 Å². The quantitative estimate of drug-likeness (QED) is 0.484. The second-order valence-corrected chi connectivity index (χ2v) is 8.74. The minimum absolute atomic E-state index is 0.242. The van der Waals surface area contributed by atoms with E-state index in [1.165, 1.54) is 4.90 Å². The summed E-state index contributed by atoms with van der Waals surface area (Å²) in [6.07, 6.45) is -2.34. The maximum Gasteiger partial charge on any atom is 0.471 e. The van der Waals surface area contributed by atoms with Gasteiger partial charge in [-0.2, -0.15) is 18.4 Å². The Kier molecular flexibility index (Phi) is 11.3. The fourth-order valence-corrected chi connectivity index (χ4v) is 3.11. The molecule has 2 rings (SSSR count). The summed E-state index contributed by atoms with van der Waals surface area (Å²) < 4.78 is 35.7. The standard InChI is InChI=1S/C11H15F3N2O2.C6H8N2O.C4H10/c1-10(2)6-4-16(5-7(6)10)8(17)3-15-9(18)11(12,13)14;1-2-3-6(4-7)8-5-9;1-4(2)3/h6-7H,3-5H2,1-2H3,(H,15,18);2,5-6H,1,3H2,(H,8,9);4H,1-3H3/t6-,7+;;. The van der Waals surface area contributed by atoms with Gasteiger partial charge in [-0.3, -0.25) is 14.4 Å². The van der Waals surface area contributed by atoms with Crippen LogP contribution in [0.15, 0.2) is 12.7 Å². The van der Waals surface area contributed by atoms with Crippen LogP contribution in [0.4, 0.5) is 13.2 Å². The second kappa shape index (κ2) is 12.3. The molecule has 10 heteroatoms. The summed E-state index contributed by atoms with van der Waals surface area (Å²) in [5.74, 6) is -0.796. The first-order chi connectivity index (χ1) is 14.2. The summed E-state index contributed by atoms with van der Waals surface area (Å²) >= 11 is 0. The number of hydrogen-bond acceptors (Lipinski definition) is 4. The van der Waals surface area contributed by atoms with E-state index < -0.39 is 30.6 Å². The molecule has 1 unspecified atom stereocenters. The highest BCUT2D eigenvalue weighted by molar-refractivity contribution is 5.87. The van der Waals surface area contributed by atoms with E-state index in [-0.39, 0.29) is 5.41 Å².